The van der Waals surface area contributed by atoms with Crippen LogP contribution in [0.15, 0.2) is 0 Å². The van der Waals surface area contributed by atoms with E-state index in [1.54, 1.807) is 0 Å². The summed E-state index contributed by atoms with van der Waals surface area (Å²) in [5.41, 5.74) is 9.98. The van der Waals surface area contributed by atoms with E-state index in [1.807, 2.05) is 0 Å². The van der Waals surface area contributed by atoms with Gasteiger partial charge in [-0.05, 0) is 12.8 Å². The summed E-state index contributed by atoms with van der Waals surface area (Å²) >= 11 is 0. The monoisotopic (exact) mass is 311 g/mol. The first-order valence-electron chi connectivity index (χ1n) is 7.14. The predicted molar refractivity (Wildman–Crippen MR) is 78.7 cm³/mol. The first-order chi connectivity index (χ1) is 10.5. The molecule has 1 saturated carbocycles. The Morgan fingerprint density at radius 3 is 2.27 bits per heavy atom. The average molecular weight is 311 g/mol. The third-order valence-corrected chi connectivity index (χ3v) is 3.97. The lowest BCUT2D eigenvalue weighted by Crippen LogP contribution is -2.24. The number of hydrogen-bond donors (Lipinski definition) is 3. The Hall–Kier alpha value is -2.25. The summed E-state index contributed by atoms with van der Waals surface area (Å²) in [4.78, 5) is 7.20. The number of fused-ring (bicyclic) bond motifs is 1. The Kier molecular flexibility index (Phi) is 3.67. The lowest BCUT2D eigenvalue weighted by atomic mass is 9.95. The molecule has 8 heteroatoms. The number of nitrogen functional groups attached to an aromatic ring is 2. The molecule has 1 aliphatic rings. The van der Waals surface area contributed by atoms with Crippen LogP contribution in [-0.4, -0.2) is 16.0 Å². The molecule has 22 heavy (non-hydrogen) atoms. The van der Waals surface area contributed by atoms with Crippen molar-refractivity contribution in [2.75, 3.05) is 16.8 Å². The summed E-state index contributed by atoms with van der Waals surface area (Å²) in [7, 11) is 0. The van der Waals surface area contributed by atoms with Crippen LogP contribution in [-0.2, 0) is 0 Å². The standard InChI is InChI=1S/C14H16F3N5/c15-8-7-11(21-14(19)22-13(7)18)10(17)12(9(8)16)20-6-4-2-1-3-5-6/h6,20H,1-5H2,(H4,18,19,21,22). The molecule has 1 aromatic carbocycles. The SMILES string of the molecule is Nc1nc(N)c2c(F)c(F)c(NC3CCCCC3)c(F)c2n1. The van der Waals surface area contributed by atoms with Gasteiger partial charge in [0.1, 0.15) is 17.0 Å². The van der Waals surface area contributed by atoms with E-state index in [2.05, 4.69) is 15.3 Å². The van der Waals surface area contributed by atoms with Crippen LogP contribution in [0.4, 0.5) is 30.6 Å². The molecule has 0 unspecified atom stereocenters. The van der Waals surface area contributed by atoms with Crippen molar-refractivity contribution in [1.29, 1.82) is 0 Å². The minimum Gasteiger partial charge on any atom is -0.383 e. The second-order valence-electron chi connectivity index (χ2n) is 5.49. The molecule has 0 aliphatic heterocycles. The maximum Gasteiger partial charge on any atom is 0.222 e. The molecule has 5 N–H and O–H groups in total. The van der Waals surface area contributed by atoms with Crippen molar-refractivity contribution < 1.29 is 13.2 Å². The van der Waals surface area contributed by atoms with E-state index in [0.717, 1.165) is 32.1 Å². The van der Waals surface area contributed by atoms with E-state index in [-0.39, 0.29) is 17.8 Å². The molecule has 0 amide bonds. The number of hydrogen-bond acceptors (Lipinski definition) is 5. The minimum absolute atomic E-state index is 0.0915. The van der Waals surface area contributed by atoms with Gasteiger partial charge in [-0.1, -0.05) is 19.3 Å². The number of nitrogens with one attached hydrogen (secondary N) is 1. The van der Waals surface area contributed by atoms with Crippen molar-refractivity contribution in [3.05, 3.63) is 17.5 Å². The molecule has 0 radical (unpaired) electrons. The van der Waals surface area contributed by atoms with Crippen LogP contribution in [0.5, 0.6) is 0 Å². The Morgan fingerprint density at radius 2 is 1.59 bits per heavy atom. The van der Waals surface area contributed by atoms with Gasteiger partial charge in [0, 0.05) is 6.04 Å². The molecule has 1 aromatic heterocycles. The van der Waals surface area contributed by atoms with Gasteiger partial charge in [-0.2, -0.15) is 4.98 Å². The number of benzene rings is 1. The van der Waals surface area contributed by atoms with E-state index in [1.165, 1.54) is 0 Å². The van der Waals surface area contributed by atoms with Gasteiger partial charge in [0.25, 0.3) is 0 Å². The van der Waals surface area contributed by atoms with Gasteiger partial charge in [-0.3, -0.25) is 0 Å². The summed E-state index contributed by atoms with van der Waals surface area (Å²) in [6.45, 7) is 0. The van der Waals surface area contributed by atoms with E-state index in [0.29, 0.717) is 0 Å². The minimum atomic E-state index is -1.31. The Morgan fingerprint density at radius 1 is 0.909 bits per heavy atom. The van der Waals surface area contributed by atoms with E-state index in [4.69, 9.17) is 11.5 Å². The number of rotatable bonds is 2. The fraction of sp³-hybridized carbons (Fsp3) is 0.429. The summed E-state index contributed by atoms with van der Waals surface area (Å²) < 4.78 is 43.0. The zero-order valence-electron chi connectivity index (χ0n) is 11.8. The fourth-order valence-electron chi connectivity index (χ4n) is 2.88. The molecule has 0 bridgehead atoms. The molecule has 0 spiro atoms. The van der Waals surface area contributed by atoms with Crippen LogP contribution in [0.2, 0.25) is 0 Å². The molecule has 3 rings (SSSR count). The van der Waals surface area contributed by atoms with Crippen molar-refractivity contribution in [1.82, 2.24) is 9.97 Å². The topological polar surface area (TPSA) is 89.8 Å². The zero-order chi connectivity index (χ0) is 15.9. The lowest BCUT2D eigenvalue weighted by molar-refractivity contribution is 0.454. The van der Waals surface area contributed by atoms with Gasteiger partial charge in [0.05, 0.1) is 5.39 Å². The number of nitrogens with two attached hydrogens (primary N) is 2. The third kappa shape index (κ3) is 2.38. The van der Waals surface area contributed by atoms with Crippen molar-refractivity contribution in [2.45, 2.75) is 38.1 Å². The van der Waals surface area contributed by atoms with Gasteiger partial charge in [-0.25, -0.2) is 18.2 Å². The van der Waals surface area contributed by atoms with Crippen LogP contribution in [0.25, 0.3) is 10.9 Å². The van der Waals surface area contributed by atoms with Crippen LogP contribution in [0.3, 0.4) is 0 Å². The highest BCUT2D eigenvalue weighted by atomic mass is 19.2. The predicted octanol–water partition coefficient (Wildman–Crippen LogP) is 2.96. The highest BCUT2D eigenvalue weighted by Crippen LogP contribution is 2.34. The van der Waals surface area contributed by atoms with Gasteiger partial charge in [0.15, 0.2) is 17.5 Å². The van der Waals surface area contributed by atoms with Gasteiger partial charge in [0.2, 0.25) is 5.95 Å². The molecule has 118 valence electrons. The second-order valence-corrected chi connectivity index (χ2v) is 5.49. The molecule has 1 aliphatic carbocycles. The fourth-order valence-corrected chi connectivity index (χ4v) is 2.88. The molecule has 0 saturated heterocycles. The lowest BCUT2D eigenvalue weighted by Gasteiger charge is -2.24. The number of halogens is 3. The van der Waals surface area contributed by atoms with Crippen LogP contribution < -0.4 is 16.8 Å². The highest BCUT2D eigenvalue weighted by Gasteiger charge is 2.26. The van der Waals surface area contributed by atoms with Crippen molar-refractivity contribution >= 4 is 28.4 Å². The highest BCUT2D eigenvalue weighted by molar-refractivity contribution is 5.92. The van der Waals surface area contributed by atoms with Crippen molar-refractivity contribution in [3.63, 3.8) is 0 Å². The van der Waals surface area contributed by atoms with Crippen LogP contribution >= 0.6 is 0 Å². The summed E-state index contributed by atoms with van der Waals surface area (Å²) in [6.07, 6.45) is 4.60. The Labute approximate surface area is 124 Å². The smallest absolute Gasteiger partial charge is 0.222 e. The van der Waals surface area contributed by atoms with Gasteiger partial charge < -0.3 is 16.8 Å². The Balaban J connectivity index is 2.14. The molecule has 2 aromatic rings. The first kappa shape index (κ1) is 14.7. The molecule has 5 nitrogen and oxygen atoms in total. The zero-order valence-corrected chi connectivity index (χ0v) is 11.8. The van der Waals surface area contributed by atoms with Crippen molar-refractivity contribution in [3.8, 4) is 0 Å². The maximum absolute atomic E-state index is 14.6. The first-order valence-corrected chi connectivity index (χ1v) is 7.14. The summed E-state index contributed by atoms with van der Waals surface area (Å²) in [5, 5.41) is 2.27. The quantitative estimate of drug-likeness (QED) is 0.742. The summed E-state index contributed by atoms with van der Waals surface area (Å²) in [6, 6.07) is -0.0915. The molecular weight excluding hydrogens is 295 g/mol. The Bertz CT molecular complexity index is 728. The van der Waals surface area contributed by atoms with E-state index < -0.39 is 34.0 Å². The molecule has 1 fully saturated rings. The maximum atomic E-state index is 14.6. The van der Waals surface area contributed by atoms with Crippen molar-refractivity contribution in [2.24, 2.45) is 0 Å². The van der Waals surface area contributed by atoms with Crippen LogP contribution in [0, 0.1) is 17.5 Å². The second kappa shape index (κ2) is 5.51. The number of anilines is 3. The molecular formula is C14H16F3N5. The third-order valence-electron chi connectivity index (χ3n) is 3.97. The normalized spacial score (nSPS) is 16.1. The number of nitrogens with zero attached hydrogens (tertiary/aromatic N) is 2. The average Bonchev–Trinajstić information content (AvgIpc) is 2.50. The van der Waals surface area contributed by atoms with Gasteiger partial charge >= 0.3 is 0 Å². The summed E-state index contributed by atoms with van der Waals surface area (Å²) in [5.74, 6) is -4.26. The number of aromatic nitrogens is 2. The van der Waals surface area contributed by atoms with E-state index >= 15 is 0 Å². The van der Waals surface area contributed by atoms with Gasteiger partial charge in [-0.15, -0.1) is 0 Å². The molecule has 1 heterocycles. The van der Waals surface area contributed by atoms with E-state index in [9.17, 15) is 13.2 Å². The van der Waals surface area contributed by atoms with Crippen LogP contribution in [0.1, 0.15) is 32.1 Å². The largest absolute Gasteiger partial charge is 0.383 e. The molecule has 0 atom stereocenters.